The zero-order chi connectivity index (χ0) is 17.7. The van der Waals surface area contributed by atoms with Crippen LogP contribution < -0.4 is 10.6 Å². The molecule has 0 bridgehead atoms. The van der Waals surface area contributed by atoms with Crippen LogP contribution in [0.15, 0.2) is 18.2 Å². The van der Waals surface area contributed by atoms with Crippen molar-refractivity contribution in [1.82, 2.24) is 10.6 Å². The number of carbonyl (C=O) groups is 2. The van der Waals surface area contributed by atoms with Gasteiger partial charge in [0.2, 0.25) is 5.91 Å². The minimum absolute atomic E-state index is 0.0779. The van der Waals surface area contributed by atoms with E-state index in [-0.39, 0.29) is 48.7 Å². The molecule has 1 aliphatic rings. The van der Waals surface area contributed by atoms with E-state index < -0.39 is 9.84 Å². The Kier molecular flexibility index (Phi) is 6.48. The molecule has 1 aromatic rings. The Morgan fingerprint density at radius 3 is 2.46 bits per heavy atom. The van der Waals surface area contributed by atoms with Gasteiger partial charge in [0.05, 0.1) is 21.6 Å². The summed E-state index contributed by atoms with van der Waals surface area (Å²) in [6, 6.07) is 4.57. The summed E-state index contributed by atoms with van der Waals surface area (Å²) in [5.74, 6) is -0.398. The molecule has 2 N–H and O–H groups in total. The van der Waals surface area contributed by atoms with Gasteiger partial charge in [-0.05, 0) is 30.5 Å². The molecule has 132 valence electrons. The van der Waals surface area contributed by atoms with Gasteiger partial charge >= 0.3 is 0 Å². The summed E-state index contributed by atoms with van der Waals surface area (Å²) in [6.07, 6.45) is 0.726. The molecule has 0 unspecified atom stereocenters. The van der Waals surface area contributed by atoms with Crippen molar-refractivity contribution in [2.75, 3.05) is 24.6 Å². The molecule has 9 heteroatoms. The highest BCUT2D eigenvalue weighted by Crippen LogP contribution is 2.22. The van der Waals surface area contributed by atoms with E-state index in [0.29, 0.717) is 22.0 Å². The van der Waals surface area contributed by atoms with Crippen LogP contribution in [-0.4, -0.2) is 44.8 Å². The summed E-state index contributed by atoms with van der Waals surface area (Å²) in [4.78, 5) is 23.7. The molecular weight excluding hydrogens is 375 g/mol. The number of nitrogens with one attached hydrogen (secondary N) is 2. The number of rotatable bonds is 6. The van der Waals surface area contributed by atoms with Gasteiger partial charge in [-0.3, -0.25) is 9.59 Å². The van der Waals surface area contributed by atoms with Gasteiger partial charge in [-0.25, -0.2) is 8.42 Å². The van der Waals surface area contributed by atoms with E-state index in [9.17, 15) is 18.0 Å². The van der Waals surface area contributed by atoms with E-state index in [1.54, 1.807) is 6.07 Å². The van der Waals surface area contributed by atoms with Crippen molar-refractivity contribution < 1.29 is 18.0 Å². The van der Waals surface area contributed by atoms with Crippen molar-refractivity contribution in [2.45, 2.75) is 12.8 Å². The Morgan fingerprint density at radius 2 is 1.83 bits per heavy atom. The molecule has 1 aliphatic heterocycles. The SMILES string of the molecule is O=C(C[C@H]1CCS(=O)(=O)C1)NCCNC(=O)c1ccc(Cl)c(Cl)c1. The smallest absolute Gasteiger partial charge is 0.251 e. The number of benzene rings is 1. The fraction of sp³-hybridized carbons (Fsp3) is 0.467. The van der Waals surface area contributed by atoms with Crippen molar-refractivity contribution in [3.8, 4) is 0 Å². The maximum absolute atomic E-state index is 11.9. The average Bonchev–Trinajstić information content (AvgIpc) is 2.85. The topological polar surface area (TPSA) is 92.3 Å². The molecule has 2 rings (SSSR count). The highest BCUT2D eigenvalue weighted by molar-refractivity contribution is 7.91. The van der Waals surface area contributed by atoms with E-state index in [1.165, 1.54) is 12.1 Å². The number of hydrogen-bond donors (Lipinski definition) is 2. The number of amides is 2. The maximum atomic E-state index is 11.9. The minimum Gasteiger partial charge on any atom is -0.354 e. The fourth-order valence-corrected chi connectivity index (χ4v) is 4.64. The summed E-state index contributed by atoms with van der Waals surface area (Å²) in [7, 11) is -2.97. The minimum atomic E-state index is -2.97. The molecule has 0 spiro atoms. The van der Waals surface area contributed by atoms with E-state index >= 15 is 0 Å². The predicted molar refractivity (Wildman–Crippen MR) is 93.2 cm³/mol. The van der Waals surface area contributed by atoms with Gasteiger partial charge < -0.3 is 10.6 Å². The normalized spacial score (nSPS) is 19.0. The Bertz CT molecular complexity index is 737. The van der Waals surface area contributed by atoms with E-state index in [2.05, 4.69) is 10.6 Å². The Morgan fingerprint density at radius 1 is 1.12 bits per heavy atom. The second-order valence-electron chi connectivity index (χ2n) is 5.71. The first kappa shape index (κ1) is 19.0. The van der Waals surface area contributed by atoms with Crippen molar-refractivity contribution >= 4 is 44.9 Å². The summed E-state index contributed by atoms with van der Waals surface area (Å²) in [5.41, 5.74) is 0.381. The lowest BCUT2D eigenvalue weighted by molar-refractivity contribution is -0.121. The highest BCUT2D eigenvalue weighted by atomic mass is 35.5. The number of halogens is 2. The molecule has 0 saturated carbocycles. The molecule has 0 radical (unpaired) electrons. The lowest BCUT2D eigenvalue weighted by Gasteiger charge is -2.10. The molecule has 24 heavy (non-hydrogen) atoms. The van der Waals surface area contributed by atoms with Gasteiger partial charge in [-0.15, -0.1) is 0 Å². The van der Waals surface area contributed by atoms with E-state index in [1.807, 2.05) is 0 Å². The molecule has 2 amide bonds. The van der Waals surface area contributed by atoms with Gasteiger partial charge in [-0.1, -0.05) is 23.2 Å². The first-order chi connectivity index (χ1) is 11.3. The molecule has 1 fully saturated rings. The predicted octanol–water partition coefficient (Wildman–Crippen LogP) is 1.66. The first-order valence-corrected chi connectivity index (χ1v) is 10.0. The van der Waals surface area contributed by atoms with Crippen LogP contribution in [0.3, 0.4) is 0 Å². The largest absolute Gasteiger partial charge is 0.354 e. The van der Waals surface area contributed by atoms with Crippen molar-refractivity contribution in [3.05, 3.63) is 33.8 Å². The lowest BCUT2D eigenvalue weighted by atomic mass is 10.1. The fourth-order valence-electron chi connectivity index (χ4n) is 2.48. The maximum Gasteiger partial charge on any atom is 0.251 e. The average molecular weight is 393 g/mol. The highest BCUT2D eigenvalue weighted by Gasteiger charge is 2.29. The van der Waals surface area contributed by atoms with Crippen LogP contribution in [0.2, 0.25) is 10.0 Å². The van der Waals surface area contributed by atoms with Crippen LogP contribution in [0.25, 0.3) is 0 Å². The molecule has 1 heterocycles. The van der Waals surface area contributed by atoms with Crippen LogP contribution >= 0.6 is 23.2 Å². The molecule has 1 aromatic carbocycles. The third kappa shape index (κ3) is 5.65. The summed E-state index contributed by atoms with van der Waals surface area (Å²) in [5, 5.41) is 5.99. The Balaban J connectivity index is 1.68. The molecular formula is C15H18Cl2N2O4S. The van der Waals surface area contributed by atoms with Crippen LogP contribution in [0.1, 0.15) is 23.2 Å². The zero-order valence-corrected chi connectivity index (χ0v) is 15.2. The standard InChI is InChI=1S/C15H18Cl2N2O4S/c16-12-2-1-11(8-13(12)17)15(21)19-5-4-18-14(20)7-10-3-6-24(22,23)9-10/h1-2,8,10H,3-7,9H2,(H,18,20)(H,19,21)/t10-/m1/s1. The van der Waals surface area contributed by atoms with Gasteiger partial charge in [-0.2, -0.15) is 0 Å². The Hall–Kier alpha value is -1.31. The number of sulfone groups is 1. The third-order valence-corrected chi connectivity index (χ3v) is 6.29. The zero-order valence-electron chi connectivity index (χ0n) is 12.8. The molecule has 1 saturated heterocycles. The van der Waals surface area contributed by atoms with Crippen molar-refractivity contribution in [1.29, 1.82) is 0 Å². The molecule has 0 aliphatic carbocycles. The quantitative estimate of drug-likeness (QED) is 0.720. The molecule has 1 atom stereocenters. The third-order valence-electron chi connectivity index (χ3n) is 3.72. The monoisotopic (exact) mass is 392 g/mol. The van der Waals surface area contributed by atoms with E-state index in [4.69, 9.17) is 23.2 Å². The van der Waals surface area contributed by atoms with Gasteiger partial charge in [0.25, 0.3) is 5.91 Å². The van der Waals surface area contributed by atoms with Gasteiger partial charge in [0, 0.05) is 25.1 Å². The molecule has 6 nitrogen and oxygen atoms in total. The summed E-state index contributed by atoms with van der Waals surface area (Å²) in [6.45, 7) is 0.527. The van der Waals surface area contributed by atoms with Crippen LogP contribution in [-0.2, 0) is 14.6 Å². The molecule has 0 aromatic heterocycles. The lowest BCUT2D eigenvalue weighted by Crippen LogP contribution is -2.35. The first-order valence-electron chi connectivity index (χ1n) is 7.47. The summed E-state index contributed by atoms with van der Waals surface area (Å²) < 4.78 is 22.7. The summed E-state index contributed by atoms with van der Waals surface area (Å²) >= 11 is 11.6. The van der Waals surface area contributed by atoms with Gasteiger partial charge in [0.15, 0.2) is 9.84 Å². The van der Waals surface area contributed by atoms with Crippen LogP contribution in [0.5, 0.6) is 0 Å². The van der Waals surface area contributed by atoms with Crippen molar-refractivity contribution in [3.63, 3.8) is 0 Å². The second-order valence-corrected chi connectivity index (χ2v) is 8.75. The van der Waals surface area contributed by atoms with Crippen LogP contribution in [0, 0.1) is 5.92 Å². The van der Waals surface area contributed by atoms with Crippen molar-refractivity contribution in [2.24, 2.45) is 5.92 Å². The number of hydrogen-bond acceptors (Lipinski definition) is 4. The Labute approximate surface area is 150 Å². The number of carbonyl (C=O) groups excluding carboxylic acids is 2. The van der Waals surface area contributed by atoms with Crippen LogP contribution in [0.4, 0.5) is 0 Å². The van der Waals surface area contributed by atoms with Gasteiger partial charge in [0.1, 0.15) is 0 Å². The van der Waals surface area contributed by atoms with E-state index in [0.717, 1.165) is 0 Å². The second kappa shape index (κ2) is 8.18.